The van der Waals surface area contributed by atoms with Crippen molar-refractivity contribution in [2.75, 3.05) is 13.6 Å². The molecule has 0 saturated heterocycles. The molecule has 74 valence electrons. The molecule has 0 aromatic carbocycles. The lowest BCUT2D eigenvalue weighted by Gasteiger charge is -2.26. The van der Waals surface area contributed by atoms with Gasteiger partial charge in [-0.2, -0.15) is 0 Å². The first-order valence-electron chi connectivity index (χ1n) is 5.12. The van der Waals surface area contributed by atoms with E-state index in [2.05, 4.69) is 19.2 Å². The Hall–Kier alpha value is -0.0800. The van der Waals surface area contributed by atoms with Crippen molar-refractivity contribution in [3.63, 3.8) is 0 Å². The van der Waals surface area contributed by atoms with Crippen LogP contribution in [-0.2, 0) is 0 Å². The van der Waals surface area contributed by atoms with Crippen molar-refractivity contribution in [3.8, 4) is 0 Å². The SMILES string of the molecule is CCC(N)(CC)CCCCNC. The van der Waals surface area contributed by atoms with Gasteiger partial charge in [0.1, 0.15) is 0 Å². The number of nitrogens with two attached hydrogens (primary N) is 1. The van der Waals surface area contributed by atoms with E-state index in [0.29, 0.717) is 0 Å². The van der Waals surface area contributed by atoms with Crippen molar-refractivity contribution >= 4 is 0 Å². The van der Waals surface area contributed by atoms with Crippen LogP contribution in [0.2, 0.25) is 0 Å². The summed E-state index contributed by atoms with van der Waals surface area (Å²) in [7, 11) is 2.00. The van der Waals surface area contributed by atoms with E-state index in [0.717, 1.165) is 19.4 Å². The van der Waals surface area contributed by atoms with Gasteiger partial charge in [0.15, 0.2) is 0 Å². The van der Waals surface area contributed by atoms with Crippen LogP contribution in [0, 0.1) is 0 Å². The van der Waals surface area contributed by atoms with Crippen molar-refractivity contribution < 1.29 is 0 Å². The highest BCUT2D eigenvalue weighted by atomic mass is 14.8. The van der Waals surface area contributed by atoms with E-state index in [-0.39, 0.29) is 5.54 Å². The first-order valence-corrected chi connectivity index (χ1v) is 5.12. The summed E-state index contributed by atoms with van der Waals surface area (Å²) in [5.74, 6) is 0. The predicted molar refractivity (Wildman–Crippen MR) is 55.3 cm³/mol. The molecule has 0 unspecified atom stereocenters. The summed E-state index contributed by atoms with van der Waals surface area (Å²) in [5, 5.41) is 3.15. The molecule has 0 saturated carbocycles. The van der Waals surface area contributed by atoms with Gasteiger partial charge in [0, 0.05) is 5.54 Å². The molecular weight excluding hydrogens is 148 g/mol. The highest BCUT2D eigenvalue weighted by Crippen LogP contribution is 2.18. The Kier molecular flexibility index (Phi) is 6.39. The molecule has 0 aromatic heterocycles. The van der Waals surface area contributed by atoms with E-state index < -0.39 is 0 Å². The van der Waals surface area contributed by atoms with Crippen molar-refractivity contribution in [2.24, 2.45) is 5.73 Å². The predicted octanol–water partition coefficient (Wildman–Crippen LogP) is 1.89. The summed E-state index contributed by atoms with van der Waals surface area (Å²) in [5.41, 5.74) is 6.26. The Morgan fingerprint density at radius 3 is 2.17 bits per heavy atom. The minimum absolute atomic E-state index is 0.105. The zero-order chi connectivity index (χ0) is 9.45. The lowest BCUT2D eigenvalue weighted by Crippen LogP contribution is -2.38. The number of unbranched alkanes of at least 4 members (excludes halogenated alkanes) is 1. The highest BCUT2D eigenvalue weighted by molar-refractivity contribution is 4.80. The van der Waals surface area contributed by atoms with Gasteiger partial charge in [-0.05, 0) is 39.3 Å². The van der Waals surface area contributed by atoms with Gasteiger partial charge < -0.3 is 11.1 Å². The molecule has 0 spiro atoms. The van der Waals surface area contributed by atoms with Crippen LogP contribution in [0.3, 0.4) is 0 Å². The van der Waals surface area contributed by atoms with Gasteiger partial charge in [0.2, 0.25) is 0 Å². The highest BCUT2D eigenvalue weighted by Gasteiger charge is 2.18. The summed E-state index contributed by atoms with van der Waals surface area (Å²) in [6.07, 6.45) is 5.86. The quantitative estimate of drug-likeness (QED) is 0.576. The first kappa shape index (κ1) is 11.9. The van der Waals surface area contributed by atoms with Crippen LogP contribution < -0.4 is 11.1 Å². The van der Waals surface area contributed by atoms with Gasteiger partial charge in [-0.3, -0.25) is 0 Å². The summed E-state index contributed by atoms with van der Waals surface area (Å²) in [6, 6.07) is 0. The maximum atomic E-state index is 6.16. The van der Waals surface area contributed by atoms with E-state index in [1.165, 1.54) is 19.3 Å². The third kappa shape index (κ3) is 4.73. The molecule has 0 aliphatic heterocycles. The molecule has 0 fully saturated rings. The maximum absolute atomic E-state index is 6.16. The standard InChI is InChI=1S/C10H24N2/c1-4-10(11,5-2)8-6-7-9-12-3/h12H,4-9,11H2,1-3H3. The van der Waals surface area contributed by atoms with Crippen LogP contribution in [0.1, 0.15) is 46.0 Å². The van der Waals surface area contributed by atoms with E-state index in [4.69, 9.17) is 5.73 Å². The molecule has 0 rings (SSSR count). The van der Waals surface area contributed by atoms with E-state index in [1.54, 1.807) is 0 Å². The number of hydrogen-bond acceptors (Lipinski definition) is 2. The number of hydrogen-bond donors (Lipinski definition) is 2. The van der Waals surface area contributed by atoms with Crippen LogP contribution >= 0.6 is 0 Å². The monoisotopic (exact) mass is 172 g/mol. The zero-order valence-electron chi connectivity index (χ0n) is 8.82. The van der Waals surface area contributed by atoms with Crippen LogP contribution in [0.4, 0.5) is 0 Å². The molecule has 0 amide bonds. The second-order valence-electron chi connectivity index (χ2n) is 3.63. The minimum Gasteiger partial charge on any atom is -0.325 e. The van der Waals surface area contributed by atoms with Crippen LogP contribution in [-0.4, -0.2) is 19.1 Å². The van der Waals surface area contributed by atoms with Crippen LogP contribution in [0.5, 0.6) is 0 Å². The third-order valence-corrected chi connectivity index (χ3v) is 2.76. The van der Waals surface area contributed by atoms with Gasteiger partial charge in [0.25, 0.3) is 0 Å². The normalized spacial score (nSPS) is 12.0. The summed E-state index contributed by atoms with van der Waals surface area (Å²) in [6.45, 7) is 5.48. The van der Waals surface area contributed by atoms with Crippen molar-refractivity contribution in [1.29, 1.82) is 0 Å². The molecule has 0 aromatic rings. The first-order chi connectivity index (χ1) is 5.68. The smallest absolute Gasteiger partial charge is 0.0149 e. The number of nitrogens with one attached hydrogen (secondary N) is 1. The Labute approximate surface area is 76.9 Å². The Morgan fingerprint density at radius 2 is 1.75 bits per heavy atom. The van der Waals surface area contributed by atoms with Gasteiger partial charge in [-0.15, -0.1) is 0 Å². The lowest BCUT2D eigenvalue weighted by atomic mass is 9.88. The van der Waals surface area contributed by atoms with Crippen molar-refractivity contribution in [2.45, 2.75) is 51.5 Å². The summed E-state index contributed by atoms with van der Waals surface area (Å²) >= 11 is 0. The van der Waals surface area contributed by atoms with Gasteiger partial charge in [0.05, 0.1) is 0 Å². The molecule has 0 aliphatic rings. The third-order valence-electron chi connectivity index (χ3n) is 2.76. The average Bonchev–Trinajstić information content (AvgIpc) is 2.12. The van der Waals surface area contributed by atoms with Crippen LogP contribution in [0.15, 0.2) is 0 Å². The molecule has 0 aliphatic carbocycles. The van der Waals surface area contributed by atoms with Gasteiger partial charge in [-0.1, -0.05) is 20.3 Å². The van der Waals surface area contributed by atoms with Gasteiger partial charge in [-0.25, -0.2) is 0 Å². The second-order valence-corrected chi connectivity index (χ2v) is 3.63. The molecule has 0 heterocycles. The molecule has 12 heavy (non-hydrogen) atoms. The van der Waals surface area contributed by atoms with Crippen LogP contribution in [0.25, 0.3) is 0 Å². The largest absolute Gasteiger partial charge is 0.325 e. The Balaban J connectivity index is 3.45. The zero-order valence-corrected chi connectivity index (χ0v) is 8.82. The topological polar surface area (TPSA) is 38.0 Å². The summed E-state index contributed by atoms with van der Waals surface area (Å²) < 4.78 is 0. The van der Waals surface area contributed by atoms with Crippen molar-refractivity contribution in [1.82, 2.24) is 5.32 Å². The molecule has 0 bridgehead atoms. The maximum Gasteiger partial charge on any atom is 0.0149 e. The fourth-order valence-electron chi connectivity index (χ4n) is 1.38. The number of rotatable bonds is 7. The van der Waals surface area contributed by atoms with Gasteiger partial charge >= 0.3 is 0 Å². The summed E-state index contributed by atoms with van der Waals surface area (Å²) in [4.78, 5) is 0. The van der Waals surface area contributed by atoms with E-state index in [1.807, 2.05) is 7.05 Å². The van der Waals surface area contributed by atoms with Crippen molar-refractivity contribution in [3.05, 3.63) is 0 Å². The minimum atomic E-state index is 0.105. The molecular formula is C10H24N2. The molecule has 0 atom stereocenters. The Morgan fingerprint density at radius 1 is 1.17 bits per heavy atom. The second kappa shape index (κ2) is 6.44. The molecule has 3 N–H and O–H groups in total. The molecule has 2 nitrogen and oxygen atoms in total. The average molecular weight is 172 g/mol. The lowest BCUT2D eigenvalue weighted by molar-refractivity contribution is 0.352. The van der Waals surface area contributed by atoms with E-state index in [9.17, 15) is 0 Å². The molecule has 0 radical (unpaired) electrons. The fraction of sp³-hybridized carbons (Fsp3) is 1.00. The van der Waals surface area contributed by atoms with E-state index >= 15 is 0 Å². The fourth-order valence-corrected chi connectivity index (χ4v) is 1.38. The Bertz CT molecular complexity index is 98.0. The molecule has 2 heteroatoms.